The van der Waals surface area contributed by atoms with Crippen LogP contribution in [0.1, 0.15) is 38.4 Å². The number of nitrogens with zero attached hydrogens (tertiary/aromatic N) is 3. The molecule has 126 valence electrons. The molecule has 0 bridgehead atoms. The molecule has 0 aliphatic carbocycles. The molecule has 1 aromatic heterocycles. The van der Waals surface area contributed by atoms with E-state index in [9.17, 15) is 21.6 Å². The zero-order chi connectivity index (χ0) is 16.5. The SMILES string of the molecule is CC(C)NS(=O)(=O)N1CCC[C@@H](n2ccc(C(F)(F)F)n2)C1. The fourth-order valence-corrected chi connectivity index (χ4v) is 3.90. The van der Waals surface area contributed by atoms with Gasteiger partial charge in [-0.15, -0.1) is 0 Å². The molecule has 1 N–H and O–H groups in total. The molecule has 1 atom stereocenters. The summed E-state index contributed by atoms with van der Waals surface area (Å²) in [4.78, 5) is 0. The lowest BCUT2D eigenvalue weighted by atomic mass is 10.1. The second-order valence-electron chi connectivity index (χ2n) is 5.61. The third kappa shape index (κ3) is 3.99. The first kappa shape index (κ1) is 17.2. The summed E-state index contributed by atoms with van der Waals surface area (Å²) in [7, 11) is -3.63. The number of rotatable bonds is 4. The van der Waals surface area contributed by atoms with Crippen molar-refractivity contribution in [3.05, 3.63) is 18.0 Å². The molecule has 2 rings (SSSR count). The zero-order valence-corrected chi connectivity index (χ0v) is 13.2. The van der Waals surface area contributed by atoms with Gasteiger partial charge in [0.15, 0.2) is 5.69 Å². The Bertz CT molecular complexity index is 612. The van der Waals surface area contributed by atoms with Gasteiger partial charge < -0.3 is 0 Å². The number of halogens is 3. The lowest BCUT2D eigenvalue weighted by Crippen LogP contribution is -2.48. The fraction of sp³-hybridized carbons (Fsp3) is 0.750. The minimum Gasteiger partial charge on any atom is -0.268 e. The van der Waals surface area contributed by atoms with Crippen LogP contribution in [0.5, 0.6) is 0 Å². The highest BCUT2D eigenvalue weighted by molar-refractivity contribution is 7.87. The Labute approximate surface area is 127 Å². The Morgan fingerprint density at radius 2 is 2.09 bits per heavy atom. The van der Waals surface area contributed by atoms with E-state index in [-0.39, 0.29) is 12.6 Å². The first-order valence-electron chi connectivity index (χ1n) is 6.99. The Morgan fingerprint density at radius 3 is 2.64 bits per heavy atom. The number of piperidine rings is 1. The normalized spacial score (nSPS) is 21.5. The third-order valence-electron chi connectivity index (χ3n) is 3.36. The standard InChI is InChI=1S/C12H19F3N4O2S/c1-9(2)17-22(20,21)18-6-3-4-10(8-18)19-7-5-11(16-19)12(13,14)15/h5,7,9-10,17H,3-4,6,8H2,1-2H3/t10-/m1/s1. The van der Waals surface area contributed by atoms with Gasteiger partial charge in [0.2, 0.25) is 0 Å². The molecular formula is C12H19F3N4O2S. The van der Waals surface area contributed by atoms with E-state index in [4.69, 9.17) is 0 Å². The molecule has 6 nitrogen and oxygen atoms in total. The largest absolute Gasteiger partial charge is 0.435 e. The molecular weight excluding hydrogens is 321 g/mol. The molecule has 0 unspecified atom stereocenters. The van der Waals surface area contributed by atoms with Crippen LogP contribution < -0.4 is 4.72 Å². The van der Waals surface area contributed by atoms with Crippen molar-refractivity contribution in [2.24, 2.45) is 0 Å². The van der Waals surface area contributed by atoms with Crippen molar-refractivity contribution in [2.45, 2.75) is 44.9 Å². The van der Waals surface area contributed by atoms with Crippen LogP contribution in [0.25, 0.3) is 0 Å². The molecule has 1 aliphatic heterocycles. The number of aromatic nitrogens is 2. The molecule has 1 fully saturated rings. The summed E-state index contributed by atoms with van der Waals surface area (Å²) in [6, 6.07) is 0.264. The average Bonchev–Trinajstić information content (AvgIpc) is 2.87. The summed E-state index contributed by atoms with van der Waals surface area (Å²) in [6.07, 6.45) is -2.08. The van der Waals surface area contributed by atoms with Crippen molar-refractivity contribution in [2.75, 3.05) is 13.1 Å². The van der Waals surface area contributed by atoms with Gasteiger partial charge in [0.25, 0.3) is 10.2 Å². The second kappa shape index (κ2) is 6.17. The molecule has 2 heterocycles. The van der Waals surface area contributed by atoms with Gasteiger partial charge in [0.1, 0.15) is 0 Å². The van der Waals surface area contributed by atoms with Gasteiger partial charge in [-0.3, -0.25) is 4.68 Å². The van der Waals surface area contributed by atoms with Crippen LogP contribution in [-0.2, 0) is 16.4 Å². The van der Waals surface area contributed by atoms with E-state index < -0.39 is 28.1 Å². The molecule has 1 saturated heterocycles. The van der Waals surface area contributed by atoms with E-state index in [0.29, 0.717) is 19.4 Å². The highest BCUT2D eigenvalue weighted by Gasteiger charge is 2.35. The van der Waals surface area contributed by atoms with Crippen molar-refractivity contribution < 1.29 is 21.6 Å². The lowest BCUT2D eigenvalue weighted by Gasteiger charge is -2.32. The molecule has 0 amide bonds. The van der Waals surface area contributed by atoms with Crippen LogP contribution >= 0.6 is 0 Å². The molecule has 0 aromatic carbocycles. The summed E-state index contributed by atoms with van der Waals surface area (Å²) >= 11 is 0. The predicted octanol–water partition coefficient (Wildman–Crippen LogP) is 1.78. The van der Waals surface area contributed by atoms with Crippen molar-refractivity contribution in [3.8, 4) is 0 Å². The smallest absolute Gasteiger partial charge is 0.268 e. The quantitative estimate of drug-likeness (QED) is 0.908. The van der Waals surface area contributed by atoms with Crippen LogP contribution in [0.3, 0.4) is 0 Å². The highest BCUT2D eigenvalue weighted by atomic mass is 32.2. The van der Waals surface area contributed by atoms with Gasteiger partial charge in [-0.2, -0.15) is 35.7 Å². The maximum absolute atomic E-state index is 12.6. The molecule has 0 radical (unpaired) electrons. The minimum atomic E-state index is -4.50. The Morgan fingerprint density at radius 1 is 1.41 bits per heavy atom. The number of nitrogens with one attached hydrogen (secondary N) is 1. The topological polar surface area (TPSA) is 67.2 Å². The van der Waals surface area contributed by atoms with Crippen LogP contribution in [0.4, 0.5) is 13.2 Å². The van der Waals surface area contributed by atoms with E-state index in [2.05, 4.69) is 9.82 Å². The van der Waals surface area contributed by atoms with Gasteiger partial charge in [-0.25, -0.2) is 0 Å². The van der Waals surface area contributed by atoms with Crippen LogP contribution in [0.2, 0.25) is 0 Å². The van der Waals surface area contributed by atoms with Crippen LogP contribution in [-0.4, -0.2) is 41.6 Å². The summed E-state index contributed by atoms with van der Waals surface area (Å²) in [5.74, 6) is 0. The zero-order valence-electron chi connectivity index (χ0n) is 12.3. The van der Waals surface area contributed by atoms with Gasteiger partial charge in [-0.05, 0) is 32.8 Å². The maximum atomic E-state index is 12.6. The van der Waals surface area contributed by atoms with Crippen molar-refractivity contribution in [3.63, 3.8) is 0 Å². The second-order valence-corrected chi connectivity index (χ2v) is 7.31. The van der Waals surface area contributed by atoms with Gasteiger partial charge in [0, 0.05) is 25.3 Å². The van der Waals surface area contributed by atoms with Gasteiger partial charge >= 0.3 is 6.18 Å². The van der Waals surface area contributed by atoms with Crippen LogP contribution in [0, 0.1) is 0 Å². The van der Waals surface area contributed by atoms with E-state index in [1.807, 2.05) is 0 Å². The van der Waals surface area contributed by atoms with E-state index >= 15 is 0 Å². The third-order valence-corrected chi connectivity index (χ3v) is 5.14. The van der Waals surface area contributed by atoms with Gasteiger partial charge in [0.05, 0.1) is 6.04 Å². The predicted molar refractivity (Wildman–Crippen MR) is 74.3 cm³/mol. The summed E-state index contributed by atoms with van der Waals surface area (Å²) in [5, 5.41) is 3.53. The van der Waals surface area contributed by atoms with Crippen molar-refractivity contribution in [1.29, 1.82) is 0 Å². The molecule has 0 saturated carbocycles. The van der Waals surface area contributed by atoms with E-state index in [1.54, 1.807) is 13.8 Å². The lowest BCUT2D eigenvalue weighted by molar-refractivity contribution is -0.141. The summed E-state index contributed by atoms with van der Waals surface area (Å²) in [6.45, 7) is 3.89. The first-order valence-corrected chi connectivity index (χ1v) is 8.43. The maximum Gasteiger partial charge on any atom is 0.435 e. The number of alkyl halides is 3. The minimum absolute atomic E-state index is 0.112. The average molecular weight is 340 g/mol. The van der Waals surface area contributed by atoms with E-state index in [1.165, 1.54) is 15.2 Å². The van der Waals surface area contributed by atoms with Crippen molar-refractivity contribution >= 4 is 10.2 Å². The highest BCUT2D eigenvalue weighted by Crippen LogP contribution is 2.29. The summed E-state index contributed by atoms with van der Waals surface area (Å²) < 4.78 is 67.0. The van der Waals surface area contributed by atoms with Crippen LogP contribution in [0.15, 0.2) is 12.3 Å². The summed E-state index contributed by atoms with van der Waals surface area (Å²) in [5.41, 5.74) is -0.965. The first-order chi connectivity index (χ1) is 10.1. The number of hydrogen-bond acceptors (Lipinski definition) is 3. The Kier molecular flexibility index (Phi) is 4.83. The molecule has 10 heteroatoms. The van der Waals surface area contributed by atoms with E-state index in [0.717, 1.165) is 6.07 Å². The molecule has 1 aliphatic rings. The van der Waals surface area contributed by atoms with Gasteiger partial charge in [-0.1, -0.05) is 0 Å². The molecule has 1 aromatic rings. The van der Waals surface area contributed by atoms with Crippen molar-refractivity contribution in [1.82, 2.24) is 18.8 Å². The Hall–Kier alpha value is -1.13. The molecule has 0 spiro atoms. The molecule has 22 heavy (non-hydrogen) atoms. The fourth-order valence-electron chi connectivity index (χ4n) is 2.42. The monoisotopic (exact) mass is 340 g/mol. The Balaban J connectivity index is 2.12. The number of hydrogen-bond donors (Lipinski definition) is 1.